The summed E-state index contributed by atoms with van der Waals surface area (Å²) in [6, 6.07) is 7.21. The number of hydrogen-bond donors (Lipinski definition) is 3. The Morgan fingerprint density at radius 2 is 1.83 bits per heavy atom. The SMILES string of the molecule is CNC(=O)Nc1ccc(-c2nc(N3CCOCC3)c3onc(C4CCN(C(=S)NC5=CCCN=C5)CC4)c3n2)cc1. The van der Waals surface area contributed by atoms with E-state index in [1.54, 1.807) is 7.05 Å². The molecule has 0 saturated carbocycles. The fourth-order valence-corrected chi connectivity index (χ4v) is 5.57. The molecule has 2 fully saturated rings. The zero-order valence-electron chi connectivity index (χ0n) is 22.9. The highest BCUT2D eigenvalue weighted by molar-refractivity contribution is 7.80. The van der Waals surface area contributed by atoms with Gasteiger partial charge in [-0.1, -0.05) is 11.2 Å². The molecule has 0 aliphatic carbocycles. The number of aromatic nitrogens is 3. The zero-order chi connectivity index (χ0) is 28.2. The highest BCUT2D eigenvalue weighted by Crippen LogP contribution is 2.36. The molecule has 0 unspecified atom stereocenters. The van der Waals surface area contributed by atoms with Crippen molar-refractivity contribution in [1.82, 2.24) is 30.7 Å². The third kappa shape index (κ3) is 6.00. The average Bonchev–Trinajstić information content (AvgIpc) is 3.46. The smallest absolute Gasteiger partial charge is 0.318 e. The van der Waals surface area contributed by atoms with Gasteiger partial charge in [-0.05, 0) is 55.7 Å². The highest BCUT2D eigenvalue weighted by Gasteiger charge is 2.30. The summed E-state index contributed by atoms with van der Waals surface area (Å²) in [5.74, 6) is 1.50. The number of nitrogens with one attached hydrogen (secondary N) is 3. The van der Waals surface area contributed by atoms with Crippen LogP contribution in [0.25, 0.3) is 22.5 Å². The maximum Gasteiger partial charge on any atom is 0.318 e. The van der Waals surface area contributed by atoms with Crippen molar-refractivity contribution in [2.24, 2.45) is 4.99 Å². The molecule has 6 rings (SSSR count). The van der Waals surface area contributed by atoms with Gasteiger partial charge < -0.3 is 35.0 Å². The van der Waals surface area contributed by atoms with Gasteiger partial charge in [0.25, 0.3) is 0 Å². The second-order valence-corrected chi connectivity index (χ2v) is 10.6. The van der Waals surface area contributed by atoms with Crippen LogP contribution >= 0.6 is 12.2 Å². The molecular formula is C28H33N9O3S. The molecule has 12 nitrogen and oxygen atoms in total. The van der Waals surface area contributed by atoms with E-state index in [0.717, 1.165) is 72.3 Å². The van der Waals surface area contributed by atoms with Crippen molar-refractivity contribution in [1.29, 1.82) is 0 Å². The van der Waals surface area contributed by atoms with E-state index in [0.29, 0.717) is 43.4 Å². The summed E-state index contributed by atoms with van der Waals surface area (Å²) < 4.78 is 11.5. The predicted molar refractivity (Wildman–Crippen MR) is 161 cm³/mol. The molecule has 0 atom stereocenters. The number of benzene rings is 1. The van der Waals surface area contributed by atoms with Gasteiger partial charge in [0.1, 0.15) is 11.2 Å². The van der Waals surface area contributed by atoms with Crippen molar-refractivity contribution >= 4 is 52.2 Å². The molecule has 0 radical (unpaired) electrons. The van der Waals surface area contributed by atoms with Gasteiger partial charge in [-0.25, -0.2) is 14.8 Å². The van der Waals surface area contributed by atoms with Crippen LogP contribution in [0.15, 0.2) is 45.6 Å². The average molecular weight is 576 g/mol. The second kappa shape index (κ2) is 12.2. The number of ether oxygens (including phenoxy) is 1. The van der Waals surface area contributed by atoms with Crippen molar-refractivity contribution in [3.05, 3.63) is 41.7 Å². The first kappa shape index (κ1) is 27.1. The summed E-state index contributed by atoms with van der Waals surface area (Å²) >= 11 is 5.69. The summed E-state index contributed by atoms with van der Waals surface area (Å²) in [6.45, 7) is 5.11. The van der Waals surface area contributed by atoms with E-state index in [1.165, 1.54) is 0 Å². The number of allylic oxidation sites excluding steroid dienone is 1. The Kier molecular flexibility index (Phi) is 8.05. The number of urea groups is 1. The monoisotopic (exact) mass is 575 g/mol. The molecule has 214 valence electrons. The Bertz CT molecular complexity index is 1470. The number of nitrogens with zero attached hydrogens (tertiary/aromatic N) is 6. The van der Waals surface area contributed by atoms with Crippen molar-refractivity contribution < 1.29 is 14.1 Å². The molecule has 13 heteroatoms. The largest absolute Gasteiger partial charge is 0.378 e. The van der Waals surface area contributed by atoms with Crippen molar-refractivity contribution in [3.8, 4) is 11.4 Å². The first-order valence-corrected chi connectivity index (χ1v) is 14.3. The van der Waals surface area contributed by atoms with Gasteiger partial charge >= 0.3 is 6.03 Å². The van der Waals surface area contributed by atoms with Crippen molar-refractivity contribution in [3.63, 3.8) is 0 Å². The van der Waals surface area contributed by atoms with Crippen LogP contribution in [0.5, 0.6) is 0 Å². The molecule has 3 aliphatic heterocycles. The fourth-order valence-electron chi connectivity index (χ4n) is 5.27. The lowest BCUT2D eigenvalue weighted by Crippen LogP contribution is -2.44. The minimum Gasteiger partial charge on any atom is -0.378 e. The Morgan fingerprint density at radius 3 is 2.54 bits per heavy atom. The minimum absolute atomic E-state index is 0.185. The van der Waals surface area contributed by atoms with E-state index in [2.05, 4.69) is 42.0 Å². The molecule has 41 heavy (non-hydrogen) atoms. The van der Waals surface area contributed by atoms with Crippen LogP contribution < -0.4 is 20.9 Å². The maximum atomic E-state index is 11.7. The lowest BCUT2D eigenvalue weighted by atomic mass is 9.93. The van der Waals surface area contributed by atoms with E-state index in [4.69, 9.17) is 31.4 Å². The van der Waals surface area contributed by atoms with Gasteiger partial charge in [-0.3, -0.25) is 4.99 Å². The number of carbonyl (C=O) groups excluding carboxylic acids is 1. The number of likely N-dealkylation sites (tertiary alicyclic amines) is 1. The molecule has 1 aromatic carbocycles. The van der Waals surface area contributed by atoms with Crippen molar-refractivity contribution in [2.75, 3.05) is 63.2 Å². The van der Waals surface area contributed by atoms with Gasteiger partial charge in [0.15, 0.2) is 16.8 Å². The Morgan fingerprint density at radius 1 is 1.05 bits per heavy atom. The third-order valence-corrected chi connectivity index (χ3v) is 7.90. The van der Waals surface area contributed by atoms with E-state index in [9.17, 15) is 4.79 Å². The number of fused-ring (bicyclic) bond motifs is 1. The molecule has 2 aromatic heterocycles. The molecule has 0 spiro atoms. The molecule has 5 heterocycles. The third-order valence-electron chi connectivity index (χ3n) is 7.54. The molecule has 2 saturated heterocycles. The maximum absolute atomic E-state index is 11.7. The standard InChI is InChI=1S/C28H33N9O3S/c1-29-27(38)31-20-6-4-19(5-7-20)25-33-23-22(35-40-24(23)26(34-25)36-13-15-39-16-14-36)18-8-11-37(12-9-18)28(41)32-21-3-2-10-30-17-21/h3-7,17-18H,2,8-16H2,1H3,(H,32,41)(H2,29,31,38). The minimum atomic E-state index is -0.276. The van der Waals surface area contributed by atoms with Gasteiger partial charge in [0.05, 0.1) is 18.9 Å². The highest BCUT2D eigenvalue weighted by atomic mass is 32.1. The number of carbonyl (C=O) groups is 1. The Hall–Kier alpha value is -4.10. The van der Waals surface area contributed by atoms with Crippen LogP contribution in [0.4, 0.5) is 16.3 Å². The first-order chi connectivity index (χ1) is 20.1. The summed E-state index contributed by atoms with van der Waals surface area (Å²) in [5.41, 5.74) is 4.68. The lowest BCUT2D eigenvalue weighted by Gasteiger charge is -2.33. The predicted octanol–water partition coefficient (Wildman–Crippen LogP) is 3.29. The molecule has 3 N–H and O–H groups in total. The van der Waals surface area contributed by atoms with Crippen LogP contribution in [-0.2, 0) is 4.74 Å². The number of piperidine rings is 1. The number of dihydropyridines is 1. The van der Waals surface area contributed by atoms with Crippen LogP contribution in [-0.4, -0.2) is 90.4 Å². The number of aliphatic imine (C=N–C) groups is 1. The van der Waals surface area contributed by atoms with E-state index in [-0.39, 0.29) is 11.9 Å². The number of anilines is 2. The summed E-state index contributed by atoms with van der Waals surface area (Å²) in [6.07, 6.45) is 6.66. The van der Waals surface area contributed by atoms with E-state index in [1.807, 2.05) is 30.5 Å². The van der Waals surface area contributed by atoms with Crippen LogP contribution in [0.3, 0.4) is 0 Å². The number of thiocarbonyl (C=S) groups is 1. The van der Waals surface area contributed by atoms with Gasteiger partial charge in [-0.15, -0.1) is 0 Å². The lowest BCUT2D eigenvalue weighted by molar-refractivity contribution is 0.122. The summed E-state index contributed by atoms with van der Waals surface area (Å²) in [5, 5.41) is 13.9. The van der Waals surface area contributed by atoms with E-state index < -0.39 is 0 Å². The number of rotatable bonds is 5. The number of hydrogen-bond acceptors (Lipinski definition) is 9. The Labute approximate surface area is 243 Å². The summed E-state index contributed by atoms with van der Waals surface area (Å²) in [7, 11) is 1.58. The van der Waals surface area contributed by atoms with Gasteiger partial charge in [0.2, 0.25) is 5.58 Å². The number of morpholine rings is 1. The first-order valence-electron chi connectivity index (χ1n) is 13.9. The Balaban J connectivity index is 1.26. The molecule has 3 aliphatic rings. The van der Waals surface area contributed by atoms with Crippen molar-refractivity contribution in [2.45, 2.75) is 25.2 Å². The van der Waals surface area contributed by atoms with Crippen LogP contribution in [0, 0.1) is 0 Å². The number of amides is 2. The zero-order valence-corrected chi connectivity index (χ0v) is 23.7. The van der Waals surface area contributed by atoms with Gasteiger partial charge in [-0.2, -0.15) is 0 Å². The van der Waals surface area contributed by atoms with Gasteiger partial charge in [0, 0.05) is 63.2 Å². The molecular weight excluding hydrogens is 542 g/mol. The fraction of sp³-hybridized carbons (Fsp3) is 0.429. The van der Waals surface area contributed by atoms with Crippen LogP contribution in [0.2, 0.25) is 0 Å². The topological polar surface area (TPSA) is 133 Å². The summed E-state index contributed by atoms with van der Waals surface area (Å²) in [4.78, 5) is 30.3. The molecule has 0 bridgehead atoms. The van der Waals surface area contributed by atoms with Crippen LogP contribution in [0.1, 0.15) is 30.9 Å². The molecule has 2 amide bonds. The second-order valence-electron chi connectivity index (χ2n) is 10.2. The molecule has 3 aromatic rings. The quantitative estimate of drug-likeness (QED) is 0.389. The normalized spacial score (nSPS) is 17.8. The van der Waals surface area contributed by atoms with E-state index >= 15 is 0 Å².